The predicted molar refractivity (Wildman–Crippen MR) is 119 cm³/mol. The molecule has 9 nitrogen and oxygen atoms in total. The summed E-state index contributed by atoms with van der Waals surface area (Å²) in [6, 6.07) is 3.72. The summed E-state index contributed by atoms with van der Waals surface area (Å²) in [4.78, 5) is 38.9. The van der Waals surface area contributed by atoms with Crippen molar-refractivity contribution in [3.8, 4) is 0 Å². The highest BCUT2D eigenvalue weighted by molar-refractivity contribution is 5.79. The van der Waals surface area contributed by atoms with Crippen LogP contribution in [0.25, 0.3) is 11.2 Å². The monoisotopic (exact) mass is 428 g/mol. The van der Waals surface area contributed by atoms with Gasteiger partial charge in [-0.05, 0) is 44.9 Å². The number of ether oxygens (including phenoxy) is 1. The summed E-state index contributed by atoms with van der Waals surface area (Å²) >= 11 is 0. The van der Waals surface area contributed by atoms with Crippen LogP contribution >= 0.6 is 0 Å². The van der Waals surface area contributed by atoms with Crippen molar-refractivity contribution >= 4 is 22.9 Å². The number of aromatic nitrogens is 3. The lowest BCUT2D eigenvalue weighted by atomic mass is 9.96. The van der Waals surface area contributed by atoms with Gasteiger partial charge in [0.1, 0.15) is 5.52 Å². The first-order chi connectivity index (χ1) is 15.2. The molecule has 2 aromatic rings. The van der Waals surface area contributed by atoms with Crippen LogP contribution in [0, 0.1) is 5.92 Å². The molecule has 4 rings (SSSR count). The largest absolute Gasteiger partial charge is 0.379 e. The lowest BCUT2D eigenvalue weighted by molar-refractivity contribution is -0.125. The molecule has 1 N–H and O–H groups in total. The van der Waals surface area contributed by atoms with Gasteiger partial charge in [0, 0.05) is 51.4 Å². The van der Waals surface area contributed by atoms with E-state index in [0.717, 1.165) is 57.6 Å². The lowest BCUT2D eigenvalue weighted by Crippen LogP contribution is -2.44. The summed E-state index contributed by atoms with van der Waals surface area (Å²) in [5, 5.41) is 3.10. The highest BCUT2D eigenvalue weighted by Crippen LogP contribution is 2.21. The SMILES string of the molecule is CCn1c(=O)c(N2CCC(C(=O)NCCCN3CCOCC3)CC2)nc2cccnc21. The Labute approximate surface area is 182 Å². The molecule has 0 radical (unpaired) electrons. The lowest BCUT2D eigenvalue weighted by Gasteiger charge is -2.32. The third-order valence-corrected chi connectivity index (χ3v) is 6.22. The van der Waals surface area contributed by atoms with E-state index in [1.165, 1.54) is 0 Å². The first-order valence-electron chi connectivity index (χ1n) is 11.4. The van der Waals surface area contributed by atoms with E-state index in [4.69, 9.17) is 4.74 Å². The van der Waals surface area contributed by atoms with Crippen molar-refractivity contribution in [3.63, 3.8) is 0 Å². The van der Waals surface area contributed by atoms with Crippen molar-refractivity contribution in [3.05, 3.63) is 28.7 Å². The maximum absolute atomic E-state index is 13.0. The molecule has 2 aliphatic rings. The number of piperidine rings is 1. The standard InChI is InChI=1S/C22H32N6O3/c1-2-28-19-18(5-3-8-23-19)25-20(22(28)30)27-11-6-17(7-12-27)21(29)24-9-4-10-26-13-15-31-16-14-26/h3,5,8,17H,2,4,6-7,9-16H2,1H3,(H,24,29). The number of rotatable bonds is 7. The van der Waals surface area contributed by atoms with Crippen LogP contribution in [0.3, 0.4) is 0 Å². The molecule has 1 amide bonds. The Balaban J connectivity index is 1.30. The van der Waals surface area contributed by atoms with E-state index < -0.39 is 0 Å². The van der Waals surface area contributed by atoms with Crippen molar-refractivity contribution in [2.45, 2.75) is 32.7 Å². The van der Waals surface area contributed by atoms with Crippen LogP contribution in [0.1, 0.15) is 26.2 Å². The molecule has 2 aromatic heterocycles. The number of nitrogens with zero attached hydrogens (tertiary/aromatic N) is 5. The number of amides is 1. The second kappa shape index (κ2) is 10.2. The molecule has 0 unspecified atom stereocenters. The maximum Gasteiger partial charge on any atom is 0.295 e. The minimum absolute atomic E-state index is 0.00448. The zero-order valence-corrected chi connectivity index (χ0v) is 18.3. The maximum atomic E-state index is 13.0. The smallest absolute Gasteiger partial charge is 0.295 e. The van der Waals surface area contributed by atoms with Crippen LogP contribution in [0.5, 0.6) is 0 Å². The number of aryl methyl sites for hydroxylation is 1. The summed E-state index contributed by atoms with van der Waals surface area (Å²) in [5.74, 6) is 0.588. The molecule has 31 heavy (non-hydrogen) atoms. The molecule has 0 saturated carbocycles. The van der Waals surface area contributed by atoms with E-state index in [2.05, 4.69) is 20.2 Å². The number of pyridine rings is 1. The van der Waals surface area contributed by atoms with Gasteiger partial charge in [0.15, 0.2) is 11.5 Å². The van der Waals surface area contributed by atoms with Crippen LogP contribution in [0.4, 0.5) is 5.82 Å². The number of anilines is 1. The summed E-state index contributed by atoms with van der Waals surface area (Å²) in [5.41, 5.74) is 1.23. The fourth-order valence-corrected chi connectivity index (χ4v) is 4.40. The zero-order chi connectivity index (χ0) is 21.6. The molecular formula is C22H32N6O3. The number of hydrogen-bond acceptors (Lipinski definition) is 7. The van der Waals surface area contributed by atoms with E-state index >= 15 is 0 Å². The molecule has 2 saturated heterocycles. The first kappa shape index (κ1) is 21.7. The van der Waals surface area contributed by atoms with Crippen molar-refractivity contribution < 1.29 is 9.53 Å². The third kappa shape index (κ3) is 5.04. The van der Waals surface area contributed by atoms with E-state index in [1.807, 2.05) is 24.0 Å². The van der Waals surface area contributed by atoms with E-state index in [9.17, 15) is 9.59 Å². The highest BCUT2D eigenvalue weighted by Gasteiger charge is 2.27. The van der Waals surface area contributed by atoms with Gasteiger partial charge >= 0.3 is 0 Å². The Bertz CT molecular complexity index is 948. The Hall–Kier alpha value is -2.52. The molecular weight excluding hydrogens is 396 g/mol. The fourth-order valence-electron chi connectivity index (χ4n) is 4.40. The van der Waals surface area contributed by atoms with E-state index in [-0.39, 0.29) is 17.4 Å². The number of carbonyl (C=O) groups is 1. The van der Waals surface area contributed by atoms with Crippen molar-refractivity contribution in [1.82, 2.24) is 24.8 Å². The summed E-state index contributed by atoms with van der Waals surface area (Å²) in [7, 11) is 0. The molecule has 0 aliphatic carbocycles. The van der Waals surface area contributed by atoms with Crippen LogP contribution in [-0.4, -0.2) is 77.8 Å². The molecule has 0 aromatic carbocycles. The van der Waals surface area contributed by atoms with Gasteiger partial charge in [0.25, 0.3) is 5.56 Å². The second-order valence-electron chi connectivity index (χ2n) is 8.19. The third-order valence-electron chi connectivity index (χ3n) is 6.22. The van der Waals surface area contributed by atoms with Crippen molar-refractivity contribution in [2.24, 2.45) is 5.92 Å². The molecule has 4 heterocycles. The summed E-state index contributed by atoms with van der Waals surface area (Å²) in [6.07, 6.45) is 4.10. The van der Waals surface area contributed by atoms with Gasteiger partial charge in [-0.3, -0.25) is 19.1 Å². The van der Waals surface area contributed by atoms with Gasteiger partial charge in [-0.2, -0.15) is 0 Å². The van der Waals surface area contributed by atoms with Crippen LogP contribution in [-0.2, 0) is 16.1 Å². The first-order valence-corrected chi connectivity index (χ1v) is 11.4. The van der Waals surface area contributed by atoms with Crippen LogP contribution in [0.2, 0.25) is 0 Å². The molecule has 0 spiro atoms. The number of morpholine rings is 1. The highest BCUT2D eigenvalue weighted by atomic mass is 16.5. The number of fused-ring (bicyclic) bond motifs is 1. The van der Waals surface area contributed by atoms with Crippen molar-refractivity contribution in [2.75, 3.05) is 57.4 Å². The number of nitrogens with one attached hydrogen (secondary N) is 1. The fraction of sp³-hybridized carbons (Fsp3) is 0.636. The predicted octanol–water partition coefficient (Wildman–Crippen LogP) is 0.866. The van der Waals surface area contributed by atoms with Crippen LogP contribution in [0.15, 0.2) is 23.1 Å². The quantitative estimate of drug-likeness (QED) is 0.654. The Morgan fingerprint density at radius 3 is 2.74 bits per heavy atom. The zero-order valence-electron chi connectivity index (χ0n) is 18.3. The topological polar surface area (TPSA) is 92.6 Å². The molecule has 2 aliphatic heterocycles. The second-order valence-corrected chi connectivity index (χ2v) is 8.19. The molecule has 168 valence electrons. The average molecular weight is 429 g/mol. The Kier molecular flexibility index (Phi) is 7.14. The summed E-state index contributed by atoms with van der Waals surface area (Å²) < 4.78 is 7.03. The number of hydrogen-bond donors (Lipinski definition) is 1. The number of carbonyl (C=O) groups excluding carboxylic acids is 1. The van der Waals surface area contributed by atoms with Gasteiger partial charge < -0.3 is 15.0 Å². The molecule has 2 fully saturated rings. The Morgan fingerprint density at radius 1 is 1.23 bits per heavy atom. The minimum atomic E-state index is -0.111. The van der Waals surface area contributed by atoms with Gasteiger partial charge in [-0.1, -0.05) is 0 Å². The van der Waals surface area contributed by atoms with Crippen molar-refractivity contribution in [1.29, 1.82) is 0 Å². The van der Waals surface area contributed by atoms with E-state index in [1.54, 1.807) is 10.8 Å². The van der Waals surface area contributed by atoms with Crippen LogP contribution < -0.4 is 15.8 Å². The summed E-state index contributed by atoms with van der Waals surface area (Å²) in [6.45, 7) is 9.06. The minimum Gasteiger partial charge on any atom is -0.379 e. The van der Waals surface area contributed by atoms with E-state index in [0.29, 0.717) is 37.6 Å². The van der Waals surface area contributed by atoms with Gasteiger partial charge in [-0.25, -0.2) is 9.97 Å². The molecule has 0 atom stereocenters. The Morgan fingerprint density at radius 2 is 2.00 bits per heavy atom. The normalized spacial score (nSPS) is 18.4. The molecule has 9 heteroatoms. The molecule has 0 bridgehead atoms. The average Bonchev–Trinajstić information content (AvgIpc) is 2.82. The van der Waals surface area contributed by atoms with Gasteiger partial charge in [-0.15, -0.1) is 0 Å². The van der Waals surface area contributed by atoms with Gasteiger partial charge in [0.2, 0.25) is 5.91 Å². The van der Waals surface area contributed by atoms with Gasteiger partial charge in [0.05, 0.1) is 13.2 Å².